The number of hydrogen-bond donors (Lipinski definition) is 2. The summed E-state index contributed by atoms with van der Waals surface area (Å²) in [5, 5.41) is 6.29. The standard InChI is InChI=1S/C16H23BrN4O.HI/c1-2-18-16(19-11-13-6-5-7-14(17)10-13)20-12-15(22)21-8-3-4-9-21;/h5-7,10H,2-4,8-9,11-12H2,1H3,(H2,18,19,20);1H. The molecule has 2 N–H and O–H groups in total. The van der Waals surface area contributed by atoms with Gasteiger partial charge in [0.2, 0.25) is 5.91 Å². The molecule has 0 bridgehead atoms. The Morgan fingerprint density at radius 2 is 2.04 bits per heavy atom. The second kappa shape index (κ2) is 10.9. The molecular formula is C16H24BrIN4O. The SMILES string of the molecule is CCNC(=NCc1cccc(Br)c1)NCC(=O)N1CCCC1.I. The molecule has 1 saturated heterocycles. The summed E-state index contributed by atoms with van der Waals surface area (Å²) in [6.45, 7) is 5.41. The molecule has 1 aromatic carbocycles. The van der Waals surface area contributed by atoms with E-state index >= 15 is 0 Å². The molecule has 1 heterocycles. The van der Waals surface area contributed by atoms with Gasteiger partial charge in [0, 0.05) is 24.1 Å². The largest absolute Gasteiger partial charge is 0.357 e. The number of benzene rings is 1. The van der Waals surface area contributed by atoms with Crippen LogP contribution in [0.2, 0.25) is 0 Å². The van der Waals surface area contributed by atoms with Gasteiger partial charge in [-0.3, -0.25) is 4.79 Å². The average Bonchev–Trinajstić information content (AvgIpc) is 3.04. The van der Waals surface area contributed by atoms with Crippen molar-refractivity contribution >= 4 is 51.8 Å². The van der Waals surface area contributed by atoms with Crippen LogP contribution in [0.4, 0.5) is 0 Å². The van der Waals surface area contributed by atoms with Gasteiger partial charge in [0.15, 0.2) is 5.96 Å². The van der Waals surface area contributed by atoms with Gasteiger partial charge in [-0.2, -0.15) is 0 Å². The molecule has 23 heavy (non-hydrogen) atoms. The number of likely N-dealkylation sites (tertiary alicyclic amines) is 1. The number of carbonyl (C=O) groups is 1. The molecule has 1 aliphatic rings. The minimum atomic E-state index is 0. The third-order valence-electron chi connectivity index (χ3n) is 3.52. The lowest BCUT2D eigenvalue weighted by Crippen LogP contribution is -2.44. The van der Waals surface area contributed by atoms with Crippen LogP contribution in [0, 0.1) is 0 Å². The second-order valence-electron chi connectivity index (χ2n) is 5.27. The van der Waals surface area contributed by atoms with E-state index < -0.39 is 0 Å². The summed E-state index contributed by atoms with van der Waals surface area (Å²) in [5.74, 6) is 0.820. The molecule has 2 rings (SSSR count). The number of nitrogens with one attached hydrogen (secondary N) is 2. The van der Waals surface area contributed by atoms with E-state index in [9.17, 15) is 4.79 Å². The Hall–Kier alpha value is -0.830. The molecule has 1 aliphatic heterocycles. The van der Waals surface area contributed by atoms with Crippen molar-refractivity contribution in [3.05, 3.63) is 34.3 Å². The zero-order valence-corrected chi connectivity index (χ0v) is 17.3. The quantitative estimate of drug-likeness (QED) is 0.376. The first-order valence-electron chi connectivity index (χ1n) is 7.73. The van der Waals surface area contributed by atoms with Crippen molar-refractivity contribution in [2.45, 2.75) is 26.3 Å². The lowest BCUT2D eigenvalue weighted by molar-refractivity contribution is -0.128. The minimum absolute atomic E-state index is 0. The molecule has 0 saturated carbocycles. The van der Waals surface area contributed by atoms with Crippen LogP contribution in [0.25, 0.3) is 0 Å². The normalized spacial score (nSPS) is 14.3. The zero-order valence-electron chi connectivity index (χ0n) is 13.3. The number of carbonyl (C=O) groups excluding carboxylic acids is 1. The van der Waals surface area contributed by atoms with Crippen LogP contribution in [0.3, 0.4) is 0 Å². The molecule has 5 nitrogen and oxygen atoms in total. The highest BCUT2D eigenvalue weighted by Gasteiger charge is 2.17. The average molecular weight is 495 g/mol. The van der Waals surface area contributed by atoms with Crippen LogP contribution in [-0.4, -0.2) is 42.9 Å². The Kier molecular flexibility index (Phi) is 9.54. The van der Waals surface area contributed by atoms with Gasteiger partial charge in [-0.05, 0) is 37.5 Å². The number of hydrogen-bond acceptors (Lipinski definition) is 2. The predicted octanol–water partition coefficient (Wildman–Crippen LogP) is 2.74. The Labute approximate surface area is 163 Å². The summed E-state index contributed by atoms with van der Waals surface area (Å²) in [7, 11) is 0. The highest BCUT2D eigenvalue weighted by molar-refractivity contribution is 14.0. The van der Waals surface area contributed by atoms with E-state index in [1.165, 1.54) is 0 Å². The summed E-state index contributed by atoms with van der Waals surface area (Å²) in [4.78, 5) is 18.5. The van der Waals surface area contributed by atoms with Crippen molar-refractivity contribution < 1.29 is 4.79 Å². The monoisotopic (exact) mass is 494 g/mol. The Morgan fingerprint density at radius 3 is 2.70 bits per heavy atom. The molecule has 0 radical (unpaired) electrons. The highest BCUT2D eigenvalue weighted by atomic mass is 127. The van der Waals surface area contributed by atoms with Crippen LogP contribution >= 0.6 is 39.9 Å². The predicted molar refractivity (Wildman–Crippen MR) is 108 cm³/mol. The fraction of sp³-hybridized carbons (Fsp3) is 0.500. The first kappa shape index (κ1) is 20.2. The van der Waals surface area contributed by atoms with Crippen molar-refractivity contribution in [2.24, 2.45) is 4.99 Å². The lowest BCUT2D eigenvalue weighted by atomic mass is 10.2. The molecule has 0 unspecified atom stereocenters. The van der Waals surface area contributed by atoms with Crippen LogP contribution in [-0.2, 0) is 11.3 Å². The molecule has 128 valence electrons. The summed E-state index contributed by atoms with van der Waals surface area (Å²) in [6.07, 6.45) is 2.23. The van der Waals surface area contributed by atoms with E-state index in [0.29, 0.717) is 19.0 Å². The molecule has 0 aliphatic carbocycles. The van der Waals surface area contributed by atoms with Gasteiger partial charge in [-0.15, -0.1) is 24.0 Å². The van der Waals surface area contributed by atoms with Crippen LogP contribution < -0.4 is 10.6 Å². The van der Waals surface area contributed by atoms with E-state index in [1.807, 2.05) is 36.1 Å². The molecular weight excluding hydrogens is 471 g/mol. The van der Waals surface area contributed by atoms with Gasteiger partial charge < -0.3 is 15.5 Å². The van der Waals surface area contributed by atoms with Crippen molar-refractivity contribution in [1.82, 2.24) is 15.5 Å². The Balaban J connectivity index is 0.00000264. The number of amides is 1. The van der Waals surface area contributed by atoms with Crippen molar-refractivity contribution in [1.29, 1.82) is 0 Å². The molecule has 1 amide bonds. The van der Waals surface area contributed by atoms with E-state index in [0.717, 1.165) is 42.5 Å². The summed E-state index contributed by atoms with van der Waals surface area (Å²) < 4.78 is 1.04. The molecule has 0 aromatic heterocycles. The molecule has 1 aromatic rings. The maximum absolute atomic E-state index is 12.0. The van der Waals surface area contributed by atoms with Crippen molar-refractivity contribution in [2.75, 3.05) is 26.2 Å². The summed E-state index contributed by atoms with van der Waals surface area (Å²) in [5.41, 5.74) is 1.12. The fourth-order valence-corrected chi connectivity index (χ4v) is 2.83. The van der Waals surface area contributed by atoms with E-state index in [4.69, 9.17) is 0 Å². The molecule has 0 spiro atoms. The minimum Gasteiger partial charge on any atom is -0.357 e. The first-order valence-corrected chi connectivity index (χ1v) is 8.52. The van der Waals surface area contributed by atoms with Crippen LogP contribution in [0.1, 0.15) is 25.3 Å². The van der Waals surface area contributed by atoms with E-state index in [2.05, 4.69) is 31.6 Å². The Morgan fingerprint density at radius 1 is 1.30 bits per heavy atom. The smallest absolute Gasteiger partial charge is 0.241 e. The highest BCUT2D eigenvalue weighted by Crippen LogP contribution is 2.12. The maximum Gasteiger partial charge on any atom is 0.241 e. The maximum atomic E-state index is 12.0. The third kappa shape index (κ3) is 7.07. The van der Waals surface area contributed by atoms with E-state index in [-0.39, 0.29) is 29.9 Å². The number of rotatable bonds is 5. The van der Waals surface area contributed by atoms with E-state index in [1.54, 1.807) is 0 Å². The van der Waals surface area contributed by atoms with Crippen LogP contribution in [0.5, 0.6) is 0 Å². The Bertz CT molecular complexity index is 533. The van der Waals surface area contributed by atoms with Gasteiger partial charge in [-0.25, -0.2) is 4.99 Å². The van der Waals surface area contributed by atoms with Crippen molar-refractivity contribution in [3.8, 4) is 0 Å². The van der Waals surface area contributed by atoms with Gasteiger partial charge in [0.05, 0.1) is 13.1 Å². The number of guanidine groups is 1. The van der Waals surface area contributed by atoms with Crippen molar-refractivity contribution in [3.63, 3.8) is 0 Å². The molecule has 0 atom stereocenters. The van der Waals surface area contributed by atoms with Gasteiger partial charge in [0.1, 0.15) is 0 Å². The number of nitrogens with zero attached hydrogens (tertiary/aromatic N) is 2. The second-order valence-corrected chi connectivity index (χ2v) is 6.18. The number of aliphatic imine (C=N–C) groups is 1. The van der Waals surface area contributed by atoms with Crippen LogP contribution in [0.15, 0.2) is 33.7 Å². The lowest BCUT2D eigenvalue weighted by Gasteiger charge is -2.17. The molecule has 1 fully saturated rings. The summed E-state index contributed by atoms with van der Waals surface area (Å²) in [6, 6.07) is 8.06. The summed E-state index contributed by atoms with van der Waals surface area (Å²) >= 11 is 3.46. The van der Waals surface area contributed by atoms with Gasteiger partial charge in [-0.1, -0.05) is 28.1 Å². The molecule has 7 heteroatoms. The fourth-order valence-electron chi connectivity index (χ4n) is 2.39. The first-order chi connectivity index (χ1) is 10.7. The topological polar surface area (TPSA) is 56.7 Å². The van der Waals surface area contributed by atoms with Gasteiger partial charge >= 0.3 is 0 Å². The zero-order chi connectivity index (χ0) is 15.8. The third-order valence-corrected chi connectivity index (χ3v) is 4.01. The van der Waals surface area contributed by atoms with Gasteiger partial charge in [0.25, 0.3) is 0 Å². The number of halogens is 2.